The molecule has 168 valence electrons. The number of aromatic nitrogens is 1. The second kappa shape index (κ2) is 8.71. The van der Waals surface area contributed by atoms with Crippen LogP contribution >= 0.6 is 0 Å². The van der Waals surface area contributed by atoms with Gasteiger partial charge in [-0.3, -0.25) is 4.79 Å². The van der Waals surface area contributed by atoms with Crippen LogP contribution < -0.4 is 9.47 Å². The number of phenolic OH excluding ortho intramolecular Hbond substituents is 1. The number of nitrogens with zero attached hydrogens (tertiary/aromatic N) is 2. The van der Waals surface area contributed by atoms with Crippen LogP contribution in [0, 0.1) is 6.92 Å². The highest BCUT2D eigenvalue weighted by molar-refractivity contribution is 6.16. The van der Waals surface area contributed by atoms with Crippen molar-refractivity contribution in [3.63, 3.8) is 0 Å². The molecule has 0 saturated carbocycles. The van der Waals surface area contributed by atoms with E-state index in [1.165, 1.54) is 0 Å². The minimum absolute atomic E-state index is 0.158. The van der Waals surface area contributed by atoms with E-state index in [1.54, 1.807) is 19.3 Å². The molecule has 0 unspecified atom stereocenters. The zero-order valence-electron chi connectivity index (χ0n) is 19.4. The first-order valence-electron chi connectivity index (χ1n) is 10.9. The fraction of sp³-hybridized carbons (Fsp3) is 0.346. The molecular weight excluding hydrogens is 404 g/mol. The second-order valence-corrected chi connectivity index (χ2v) is 8.50. The number of hydrogen-bond acceptors (Lipinski definition) is 5. The van der Waals surface area contributed by atoms with Gasteiger partial charge in [-0.05, 0) is 62.8 Å². The third-order valence-corrected chi connectivity index (χ3v) is 6.06. The van der Waals surface area contributed by atoms with Crippen molar-refractivity contribution in [3.8, 4) is 17.2 Å². The monoisotopic (exact) mass is 434 g/mol. The summed E-state index contributed by atoms with van der Waals surface area (Å²) in [6, 6.07) is 7.53. The highest BCUT2D eigenvalue weighted by atomic mass is 16.5. The van der Waals surface area contributed by atoms with Crippen LogP contribution in [0.5, 0.6) is 17.2 Å². The first-order valence-corrected chi connectivity index (χ1v) is 10.9. The number of methoxy groups -OCH3 is 1. The van der Waals surface area contributed by atoms with Crippen molar-refractivity contribution < 1.29 is 19.4 Å². The average Bonchev–Trinajstić information content (AvgIpc) is 3.26. The van der Waals surface area contributed by atoms with Gasteiger partial charge in [0.05, 0.1) is 18.2 Å². The van der Waals surface area contributed by atoms with Gasteiger partial charge < -0.3 is 24.0 Å². The number of ether oxygens (including phenoxy) is 2. The normalized spacial score (nSPS) is 14.4. The Morgan fingerprint density at radius 1 is 1.28 bits per heavy atom. The average molecular weight is 435 g/mol. The van der Waals surface area contributed by atoms with Crippen LogP contribution in [0.15, 0.2) is 36.2 Å². The molecule has 2 heterocycles. The number of benzene rings is 2. The number of Topliss-reactive ketones (excluding diaryl/α,β-unsaturated/α-hetero) is 1. The Kier molecular flexibility index (Phi) is 5.98. The van der Waals surface area contributed by atoms with E-state index in [0.29, 0.717) is 29.0 Å². The van der Waals surface area contributed by atoms with Crippen molar-refractivity contribution in [2.45, 2.75) is 33.2 Å². The number of hydrogen-bond donors (Lipinski definition) is 1. The number of carbonyl (C=O) groups excluding carboxylic acids is 1. The summed E-state index contributed by atoms with van der Waals surface area (Å²) in [6.07, 6.45) is 5.92. The van der Waals surface area contributed by atoms with Gasteiger partial charge in [0, 0.05) is 36.3 Å². The standard InChI is InChI=1S/C26H30N2O4/c1-6-7-10-27(3)15-20-22(29)11-16(2)24-25(30)23(32-26(20)24)12-17-14-28(4)21-9-8-18(31-5)13-19(17)21/h8-9,11-14,29H,6-7,10,15H2,1-5H3/b23-12-. The van der Waals surface area contributed by atoms with Gasteiger partial charge in [0.1, 0.15) is 17.2 Å². The summed E-state index contributed by atoms with van der Waals surface area (Å²) in [6.45, 7) is 5.40. The maximum atomic E-state index is 13.3. The van der Waals surface area contributed by atoms with Crippen LogP contribution in [-0.2, 0) is 13.6 Å². The van der Waals surface area contributed by atoms with Gasteiger partial charge in [-0.25, -0.2) is 0 Å². The molecular formula is C26H30N2O4. The Balaban J connectivity index is 1.75. The van der Waals surface area contributed by atoms with Crippen LogP contribution in [0.1, 0.15) is 46.8 Å². The maximum absolute atomic E-state index is 13.3. The topological polar surface area (TPSA) is 63.9 Å². The van der Waals surface area contributed by atoms with Crippen molar-refractivity contribution in [1.29, 1.82) is 0 Å². The van der Waals surface area contributed by atoms with Crippen LogP contribution in [0.3, 0.4) is 0 Å². The molecule has 0 amide bonds. The summed E-state index contributed by atoms with van der Waals surface area (Å²) in [5.74, 6) is 1.49. The lowest BCUT2D eigenvalue weighted by Gasteiger charge is -2.19. The number of rotatable bonds is 7. The van der Waals surface area contributed by atoms with E-state index in [9.17, 15) is 9.90 Å². The largest absolute Gasteiger partial charge is 0.507 e. The molecule has 2 aromatic carbocycles. The molecule has 0 aliphatic carbocycles. The fourth-order valence-electron chi connectivity index (χ4n) is 4.29. The van der Waals surface area contributed by atoms with Crippen molar-refractivity contribution in [1.82, 2.24) is 9.47 Å². The number of fused-ring (bicyclic) bond motifs is 2. The summed E-state index contributed by atoms with van der Waals surface area (Å²) < 4.78 is 13.5. The molecule has 3 aromatic rings. The second-order valence-electron chi connectivity index (χ2n) is 8.50. The predicted molar refractivity (Wildman–Crippen MR) is 126 cm³/mol. The molecule has 6 heteroatoms. The third kappa shape index (κ3) is 3.86. The van der Waals surface area contributed by atoms with Gasteiger partial charge in [-0.1, -0.05) is 13.3 Å². The van der Waals surface area contributed by atoms with E-state index < -0.39 is 0 Å². The van der Waals surface area contributed by atoms with Gasteiger partial charge in [0.2, 0.25) is 5.78 Å². The molecule has 6 nitrogen and oxygen atoms in total. The lowest BCUT2D eigenvalue weighted by molar-refractivity contribution is 0.101. The van der Waals surface area contributed by atoms with Gasteiger partial charge >= 0.3 is 0 Å². The Hall–Kier alpha value is -3.25. The van der Waals surface area contributed by atoms with Crippen LogP contribution in [0.2, 0.25) is 0 Å². The molecule has 0 saturated heterocycles. The summed E-state index contributed by atoms with van der Waals surface area (Å²) >= 11 is 0. The quantitative estimate of drug-likeness (QED) is 0.527. The summed E-state index contributed by atoms with van der Waals surface area (Å²) in [5.41, 5.74) is 3.81. The predicted octanol–water partition coefficient (Wildman–Crippen LogP) is 5.05. The lowest BCUT2D eigenvalue weighted by Crippen LogP contribution is -2.19. The Morgan fingerprint density at radius 2 is 2.06 bits per heavy atom. The zero-order chi connectivity index (χ0) is 23.0. The van der Waals surface area contributed by atoms with Crippen molar-refractivity contribution in [3.05, 3.63) is 58.5 Å². The highest BCUT2D eigenvalue weighted by Crippen LogP contribution is 2.42. The SMILES string of the molecule is CCCCN(C)Cc1c(O)cc(C)c2c1O/C(=C\c1cn(C)c3ccc(OC)cc13)C2=O. The fourth-order valence-corrected chi connectivity index (χ4v) is 4.29. The van der Waals surface area contributed by atoms with E-state index >= 15 is 0 Å². The molecule has 0 bridgehead atoms. The Bertz CT molecular complexity index is 1220. The molecule has 1 aliphatic heterocycles. The van der Waals surface area contributed by atoms with Gasteiger partial charge in [-0.2, -0.15) is 0 Å². The van der Waals surface area contributed by atoms with Crippen LogP contribution in [-0.4, -0.2) is 41.1 Å². The van der Waals surface area contributed by atoms with E-state index in [0.717, 1.165) is 41.6 Å². The molecule has 0 radical (unpaired) electrons. The molecule has 0 atom stereocenters. The zero-order valence-corrected chi connectivity index (χ0v) is 19.4. The van der Waals surface area contributed by atoms with E-state index in [-0.39, 0.29) is 17.3 Å². The number of phenols is 1. The molecule has 1 N–H and O–H groups in total. The molecule has 0 spiro atoms. The third-order valence-electron chi connectivity index (χ3n) is 6.06. The number of ketones is 1. The molecule has 32 heavy (non-hydrogen) atoms. The van der Waals surface area contributed by atoms with Crippen LogP contribution in [0.25, 0.3) is 17.0 Å². The molecule has 1 aromatic heterocycles. The van der Waals surface area contributed by atoms with E-state index in [1.807, 2.05) is 50.0 Å². The summed E-state index contributed by atoms with van der Waals surface area (Å²) in [5, 5.41) is 11.6. The number of allylic oxidation sites excluding steroid dienone is 1. The number of carbonyl (C=O) groups is 1. The van der Waals surface area contributed by atoms with E-state index in [2.05, 4.69) is 11.8 Å². The highest BCUT2D eigenvalue weighted by Gasteiger charge is 2.33. The summed E-state index contributed by atoms with van der Waals surface area (Å²) in [4.78, 5) is 15.4. The smallest absolute Gasteiger partial charge is 0.232 e. The Morgan fingerprint density at radius 3 is 2.78 bits per heavy atom. The van der Waals surface area contributed by atoms with Crippen molar-refractivity contribution in [2.75, 3.05) is 20.7 Å². The Labute approximate surface area is 188 Å². The number of aryl methyl sites for hydroxylation is 2. The van der Waals surface area contributed by atoms with Gasteiger partial charge in [-0.15, -0.1) is 0 Å². The summed E-state index contributed by atoms with van der Waals surface area (Å²) in [7, 11) is 5.62. The lowest BCUT2D eigenvalue weighted by atomic mass is 9.99. The molecule has 1 aliphatic rings. The number of aromatic hydroxyl groups is 1. The first kappa shape index (κ1) is 22.0. The van der Waals surface area contributed by atoms with Crippen molar-refractivity contribution in [2.24, 2.45) is 7.05 Å². The first-order chi connectivity index (χ1) is 15.3. The maximum Gasteiger partial charge on any atom is 0.232 e. The van der Waals surface area contributed by atoms with Crippen molar-refractivity contribution >= 4 is 22.8 Å². The van der Waals surface area contributed by atoms with Gasteiger partial charge in [0.25, 0.3) is 0 Å². The van der Waals surface area contributed by atoms with Crippen LogP contribution in [0.4, 0.5) is 0 Å². The number of unbranched alkanes of at least 4 members (excludes halogenated alkanes) is 1. The minimum Gasteiger partial charge on any atom is -0.507 e. The van der Waals surface area contributed by atoms with Gasteiger partial charge in [0.15, 0.2) is 5.76 Å². The van der Waals surface area contributed by atoms with E-state index in [4.69, 9.17) is 9.47 Å². The molecule has 4 rings (SSSR count). The minimum atomic E-state index is -0.158. The molecule has 0 fully saturated rings.